The Hall–Kier alpha value is -0.890. The summed E-state index contributed by atoms with van der Waals surface area (Å²) in [6, 6.07) is 7.18. The van der Waals surface area contributed by atoms with E-state index in [-0.39, 0.29) is 5.82 Å². The van der Waals surface area contributed by atoms with Crippen molar-refractivity contribution in [3.63, 3.8) is 0 Å². The number of rotatable bonds is 2. The van der Waals surface area contributed by atoms with E-state index in [0.717, 1.165) is 12.1 Å². The lowest BCUT2D eigenvalue weighted by Crippen LogP contribution is -3.10. The second-order valence-electron chi connectivity index (χ2n) is 4.79. The van der Waals surface area contributed by atoms with E-state index in [1.54, 1.807) is 17.0 Å². The van der Waals surface area contributed by atoms with Gasteiger partial charge in [-0.2, -0.15) is 0 Å². The van der Waals surface area contributed by atoms with Gasteiger partial charge in [0.25, 0.3) is 0 Å². The molecule has 2 heteroatoms. The quantitative estimate of drug-likeness (QED) is 0.782. The smallest absolute Gasteiger partial charge is 0.132 e. The number of nitrogens with one attached hydrogen (secondary N) is 1. The topological polar surface area (TPSA) is 4.44 Å². The molecule has 0 spiro atoms. The molecule has 0 aromatic heterocycles. The summed E-state index contributed by atoms with van der Waals surface area (Å²) in [7, 11) is 0. The Bertz CT molecular complexity index is 316. The van der Waals surface area contributed by atoms with Crippen LogP contribution in [0.15, 0.2) is 24.3 Å². The van der Waals surface area contributed by atoms with Gasteiger partial charge >= 0.3 is 0 Å². The van der Waals surface area contributed by atoms with Crippen LogP contribution in [0.1, 0.15) is 37.7 Å². The molecule has 16 heavy (non-hydrogen) atoms. The SMILES string of the molecule is Fc1ccccc1C[NH+]1CCCCCCC1. The van der Waals surface area contributed by atoms with E-state index < -0.39 is 0 Å². The zero-order chi connectivity index (χ0) is 11.2. The van der Waals surface area contributed by atoms with Crippen LogP contribution in [0.3, 0.4) is 0 Å². The minimum absolute atomic E-state index is 0.0444. The molecule has 1 fully saturated rings. The van der Waals surface area contributed by atoms with E-state index in [1.807, 2.05) is 12.1 Å². The maximum Gasteiger partial charge on any atom is 0.132 e. The van der Waals surface area contributed by atoms with Crippen molar-refractivity contribution in [1.29, 1.82) is 0 Å². The fourth-order valence-corrected chi connectivity index (χ4v) is 2.49. The van der Waals surface area contributed by atoms with Gasteiger partial charge in [-0.1, -0.05) is 24.6 Å². The van der Waals surface area contributed by atoms with Crippen LogP contribution in [0, 0.1) is 5.82 Å². The van der Waals surface area contributed by atoms with Gasteiger partial charge in [0.2, 0.25) is 0 Å². The van der Waals surface area contributed by atoms with E-state index >= 15 is 0 Å². The van der Waals surface area contributed by atoms with E-state index in [9.17, 15) is 4.39 Å². The van der Waals surface area contributed by atoms with Crippen LogP contribution in [0.2, 0.25) is 0 Å². The van der Waals surface area contributed by atoms with Gasteiger partial charge in [0.1, 0.15) is 12.4 Å². The summed E-state index contributed by atoms with van der Waals surface area (Å²) in [5.74, 6) is -0.0444. The monoisotopic (exact) mass is 222 g/mol. The Morgan fingerprint density at radius 1 is 0.938 bits per heavy atom. The van der Waals surface area contributed by atoms with E-state index in [4.69, 9.17) is 0 Å². The molecule has 1 heterocycles. The van der Waals surface area contributed by atoms with Gasteiger partial charge in [-0.25, -0.2) is 4.39 Å². The van der Waals surface area contributed by atoms with Gasteiger partial charge in [0.05, 0.1) is 13.1 Å². The van der Waals surface area contributed by atoms with Gasteiger partial charge in [0.15, 0.2) is 0 Å². The highest BCUT2D eigenvalue weighted by atomic mass is 19.1. The maximum absolute atomic E-state index is 13.5. The highest BCUT2D eigenvalue weighted by Gasteiger charge is 2.13. The van der Waals surface area contributed by atoms with Crippen LogP contribution in [0.4, 0.5) is 4.39 Å². The molecule has 2 rings (SSSR count). The molecule has 0 atom stereocenters. The van der Waals surface area contributed by atoms with Crippen molar-refractivity contribution in [2.75, 3.05) is 13.1 Å². The van der Waals surface area contributed by atoms with Crippen molar-refractivity contribution < 1.29 is 9.29 Å². The van der Waals surface area contributed by atoms with Crippen molar-refractivity contribution in [3.05, 3.63) is 35.6 Å². The Labute approximate surface area is 97.3 Å². The molecule has 1 aromatic rings. The summed E-state index contributed by atoms with van der Waals surface area (Å²) in [6.07, 6.45) is 6.67. The molecule has 0 radical (unpaired) electrons. The summed E-state index contributed by atoms with van der Waals surface area (Å²) in [4.78, 5) is 1.55. The van der Waals surface area contributed by atoms with Crippen LogP contribution in [-0.4, -0.2) is 13.1 Å². The predicted molar refractivity (Wildman–Crippen MR) is 63.9 cm³/mol. The molecular formula is C14H21FN+. The molecule has 88 valence electrons. The predicted octanol–water partition coefficient (Wildman–Crippen LogP) is 2.17. The molecule has 1 aliphatic rings. The van der Waals surface area contributed by atoms with Crippen molar-refractivity contribution >= 4 is 0 Å². The molecular weight excluding hydrogens is 201 g/mol. The number of hydrogen-bond donors (Lipinski definition) is 1. The van der Waals surface area contributed by atoms with Crippen molar-refractivity contribution in [2.24, 2.45) is 0 Å². The number of quaternary nitrogens is 1. The molecule has 0 amide bonds. The number of hydrogen-bond acceptors (Lipinski definition) is 0. The molecule has 1 N–H and O–H groups in total. The first-order valence-electron chi connectivity index (χ1n) is 6.43. The number of halogens is 1. The third kappa shape index (κ3) is 3.31. The Kier molecular flexibility index (Phi) is 4.34. The molecule has 0 unspecified atom stereocenters. The van der Waals surface area contributed by atoms with Crippen molar-refractivity contribution in [2.45, 2.75) is 38.6 Å². The largest absolute Gasteiger partial charge is 0.331 e. The third-order valence-corrected chi connectivity index (χ3v) is 3.46. The van der Waals surface area contributed by atoms with Gasteiger partial charge in [0, 0.05) is 5.56 Å². The summed E-state index contributed by atoms with van der Waals surface area (Å²) < 4.78 is 13.5. The number of benzene rings is 1. The first-order valence-corrected chi connectivity index (χ1v) is 6.43. The second-order valence-corrected chi connectivity index (χ2v) is 4.79. The Morgan fingerprint density at radius 3 is 2.25 bits per heavy atom. The maximum atomic E-state index is 13.5. The highest BCUT2D eigenvalue weighted by Crippen LogP contribution is 2.06. The van der Waals surface area contributed by atoms with Crippen molar-refractivity contribution in [3.8, 4) is 0 Å². The highest BCUT2D eigenvalue weighted by molar-refractivity contribution is 5.15. The zero-order valence-corrected chi connectivity index (χ0v) is 9.84. The third-order valence-electron chi connectivity index (χ3n) is 3.46. The van der Waals surface area contributed by atoms with Gasteiger partial charge in [-0.3, -0.25) is 0 Å². The molecule has 1 saturated heterocycles. The molecule has 0 bridgehead atoms. The summed E-state index contributed by atoms with van der Waals surface area (Å²) >= 11 is 0. The summed E-state index contributed by atoms with van der Waals surface area (Å²) in [5, 5.41) is 0. The standard InChI is InChI=1S/C14H20FN/c15-14-9-5-4-8-13(14)12-16-10-6-2-1-3-7-11-16/h4-5,8-9H,1-3,6-7,10-12H2/p+1. The van der Waals surface area contributed by atoms with E-state index in [2.05, 4.69) is 0 Å². The number of likely N-dealkylation sites (tertiary alicyclic amines) is 1. The Balaban J connectivity index is 1.94. The summed E-state index contributed by atoms with van der Waals surface area (Å²) in [5.41, 5.74) is 0.873. The van der Waals surface area contributed by atoms with Crippen LogP contribution in [0.5, 0.6) is 0 Å². The van der Waals surface area contributed by atoms with E-state index in [1.165, 1.54) is 45.2 Å². The van der Waals surface area contributed by atoms with Crippen LogP contribution in [0.25, 0.3) is 0 Å². The molecule has 1 aromatic carbocycles. The lowest BCUT2D eigenvalue weighted by Gasteiger charge is -2.21. The minimum atomic E-state index is -0.0444. The second kappa shape index (κ2) is 6.00. The van der Waals surface area contributed by atoms with Crippen molar-refractivity contribution in [1.82, 2.24) is 0 Å². The van der Waals surface area contributed by atoms with Crippen LogP contribution < -0.4 is 4.90 Å². The normalized spacial score (nSPS) is 19.1. The lowest BCUT2D eigenvalue weighted by molar-refractivity contribution is -0.915. The first-order chi connectivity index (χ1) is 7.86. The molecule has 0 saturated carbocycles. The average molecular weight is 222 g/mol. The fraction of sp³-hybridized carbons (Fsp3) is 0.571. The Morgan fingerprint density at radius 2 is 1.56 bits per heavy atom. The minimum Gasteiger partial charge on any atom is -0.331 e. The van der Waals surface area contributed by atoms with Gasteiger partial charge < -0.3 is 4.90 Å². The van der Waals surface area contributed by atoms with Crippen LogP contribution >= 0.6 is 0 Å². The average Bonchev–Trinajstić information content (AvgIpc) is 2.24. The van der Waals surface area contributed by atoms with Crippen LogP contribution in [-0.2, 0) is 6.54 Å². The molecule has 0 aliphatic carbocycles. The lowest BCUT2D eigenvalue weighted by atomic mass is 10.1. The molecule has 1 nitrogen and oxygen atoms in total. The summed E-state index contributed by atoms with van der Waals surface area (Å²) in [6.45, 7) is 3.26. The van der Waals surface area contributed by atoms with E-state index in [0.29, 0.717) is 0 Å². The van der Waals surface area contributed by atoms with Gasteiger partial charge in [-0.05, 0) is 31.7 Å². The van der Waals surface area contributed by atoms with Gasteiger partial charge in [-0.15, -0.1) is 0 Å². The molecule has 1 aliphatic heterocycles. The fourth-order valence-electron chi connectivity index (χ4n) is 2.49. The zero-order valence-electron chi connectivity index (χ0n) is 9.84. The first kappa shape index (κ1) is 11.6.